The number of nitrogens with one attached hydrogen (secondary N) is 1. The Balaban J connectivity index is 1.64. The average Bonchev–Trinajstić information content (AvgIpc) is 2.74. The molecule has 0 aliphatic carbocycles. The van der Waals surface area contributed by atoms with E-state index in [0.29, 0.717) is 0 Å². The van der Waals surface area contributed by atoms with Crippen LogP contribution in [0.4, 0.5) is 0 Å². The van der Waals surface area contributed by atoms with Crippen LogP contribution in [0, 0.1) is 5.92 Å². The highest BCUT2D eigenvalue weighted by Crippen LogP contribution is 2.22. The van der Waals surface area contributed by atoms with Gasteiger partial charge in [0.25, 0.3) is 0 Å². The molecule has 2 aliphatic heterocycles. The number of likely N-dealkylation sites (tertiary alicyclic amines) is 1. The molecule has 0 unspecified atom stereocenters. The van der Waals surface area contributed by atoms with Crippen molar-refractivity contribution in [3.63, 3.8) is 0 Å². The molecule has 1 atom stereocenters. The Labute approximate surface area is 94.4 Å². The standard InChI is InChI=1S/C13H26N2/c1-2-4-12-6-9-15(10-7-12)11-13-5-3-8-14-13/h12-14H,2-11H2,1H3/t13-/m1/s1. The second-order valence-corrected chi connectivity index (χ2v) is 5.33. The van der Waals surface area contributed by atoms with Gasteiger partial charge in [-0.25, -0.2) is 0 Å². The molecule has 2 heterocycles. The smallest absolute Gasteiger partial charge is 0.0195 e. The van der Waals surface area contributed by atoms with Crippen LogP contribution < -0.4 is 5.32 Å². The Hall–Kier alpha value is -0.0800. The largest absolute Gasteiger partial charge is 0.313 e. The molecule has 2 heteroatoms. The molecule has 0 spiro atoms. The lowest BCUT2D eigenvalue weighted by Crippen LogP contribution is -2.41. The molecular formula is C13H26N2. The number of hydrogen-bond donors (Lipinski definition) is 1. The molecule has 2 saturated heterocycles. The molecule has 88 valence electrons. The molecule has 0 aromatic carbocycles. The van der Waals surface area contributed by atoms with Gasteiger partial charge >= 0.3 is 0 Å². The predicted molar refractivity (Wildman–Crippen MR) is 65.1 cm³/mol. The van der Waals surface area contributed by atoms with Crippen molar-refractivity contribution in [2.45, 2.75) is 51.5 Å². The Morgan fingerprint density at radius 2 is 2.00 bits per heavy atom. The highest BCUT2D eigenvalue weighted by Gasteiger charge is 2.22. The second-order valence-electron chi connectivity index (χ2n) is 5.33. The summed E-state index contributed by atoms with van der Waals surface area (Å²) in [4.78, 5) is 2.68. The average molecular weight is 210 g/mol. The predicted octanol–water partition coefficient (Wildman–Crippen LogP) is 2.25. The topological polar surface area (TPSA) is 15.3 Å². The van der Waals surface area contributed by atoms with Crippen molar-refractivity contribution >= 4 is 0 Å². The molecule has 0 saturated carbocycles. The second kappa shape index (κ2) is 5.86. The van der Waals surface area contributed by atoms with Crippen LogP contribution in [0.2, 0.25) is 0 Å². The first-order valence-corrected chi connectivity index (χ1v) is 6.84. The van der Waals surface area contributed by atoms with Crippen LogP contribution in [0.3, 0.4) is 0 Å². The van der Waals surface area contributed by atoms with Gasteiger partial charge in [-0.15, -0.1) is 0 Å². The molecular weight excluding hydrogens is 184 g/mol. The molecule has 1 N–H and O–H groups in total. The van der Waals surface area contributed by atoms with Crippen LogP contribution in [0.15, 0.2) is 0 Å². The summed E-state index contributed by atoms with van der Waals surface area (Å²) in [5, 5.41) is 3.60. The molecule has 0 bridgehead atoms. The third kappa shape index (κ3) is 3.46. The van der Waals surface area contributed by atoms with E-state index >= 15 is 0 Å². The van der Waals surface area contributed by atoms with Gasteiger partial charge in [-0.1, -0.05) is 19.8 Å². The first kappa shape index (κ1) is 11.4. The van der Waals surface area contributed by atoms with E-state index in [1.807, 2.05) is 0 Å². The molecule has 0 aromatic rings. The third-order valence-corrected chi connectivity index (χ3v) is 4.05. The number of piperidine rings is 1. The highest BCUT2D eigenvalue weighted by atomic mass is 15.2. The van der Waals surface area contributed by atoms with Gasteiger partial charge in [-0.05, 0) is 51.2 Å². The fraction of sp³-hybridized carbons (Fsp3) is 1.00. The van der Waals surface area contributed by atoms with Gasteiger partial charge in [-0.3, -0.25) is 0 Å². The molecule has 2 nitrogen and oxygen atoms in total. The Morgan fingerprint density at radius 1 is 1.20 bits per heavy atom. The maximum Gasteiger partial charge on any atom is 0.0195 e. The highest BCUT2D eigenvalue weighted by molar-refractivity contribution is 4.80. The van der Waals surface area contributed by atoms with E-state index in [9.17, 15) is 0 Å². The summed E-state index contributed by atoms with van der Waals surface area (Å²) in [5.41, 5.74) is 0. The maximum atomic E-state index is 3.60. The van der Waals surface area contributed by atoms with Crippen molar-refractivity contribution < 1.29 is 0 Å². The van der Waals surface area contributed by atoms with Gasteiger partial charge in [-0.2, -0.15) is 0 Å². The normalized spacial score (nSPS) is 29.8. The summed E-state index contributed by atoms with van der Waals surface area (Å²) < 4.78 is 0. The minimum atomic E-state index is 0.799. The summed E-state index contributed by atoms with van der Waals surface area (Å²) in [6.45, 7) is 7.57. The van der Waals surface area contributed by atoms with Crippen LogP contribution in [0.25, 0.3) is 0 Å². The monoisotopic (exact) mass is 210 g/mol. The van der Waals surface area contributed by atoms with Crippen LogP contribution in [-0.4, -0.2) is 37.1 Å². The van der Waals surface area contributed by atoms with Gasteiger partial charge in [0.05, 0.1) is 0 Å². The molecule has 0 amide bonds. The summed E-state index contributed by atoms with van der Waals surface area (Å²) in [6.07, 6.45) is 8.50. The van der Waals surface area contributed by atoms with Gasteiger partial charge in [0.2, 0.25) is 0 Å². The Morgan fingerprint density at radius 3 is 2.60 bits per heavy atom. The molecule has 0 radical (unpaired) electrons. The van der Waals surface area contributed by atoms with Crippen molar-refractivity contribution in [3.8, 4) is 0 Å². The van der Waals surface area contributed by atoms with E-state index < -0.39 is 0 Å². The Bertz CT molecular complexity index is 167. The van der Waals surface area contributed by atoms with Crippen molar-refractivity contribution in [1.82, 2.24) is 10.2 Å². The number of nitrogens with zero attached hydrogens (tertiary/aromatic N) is 1. The summed E-state index contributed by atoms with van der Waals surface area (Å²) in [7, 11) is 0. The molecule has 2 fully saturated rings. The minimum absolute atomic E-state index is 0.799. The maximum absolute atomic E-state index is 3.60. The van der Waals surface area contributed by atoms with E-state index in [1.54, 1.807) is 0 Å². The number of hydrogen-bond acceptors (Lipinski definition) is 2. The van der Waals surface area contributed by atoms with Gasteiger partial charge in [0.15, 0.2) is 0 Å². The lowest BCUT2D eigenvalue weighted by Gasteiger charge is -2.33. The van der Waals surface area contributed by atoms with Crippen LogP contribution >= 0.6 is 0 Å². The van der Waals surface area contributed by atoms with Crippen LogP contribution in [0.1, 0.15) is 45.4 Å². The zero-order valence-electron chi connectivity index (χ0n) is 10.2. The molecule has 2 rings (SSSR count). The molecule has 15 heavy (non-hydrogen) atoms. The van der Waals surface area contributed by atoms with Crippen LogP contribution in [-0.2, 0) is 0 Å². The summed E-state index contributed by atoms with van der Waals surface area (Å²) in [6, 6.07) is 0.799. The van der Waals surface area contributed by atoms with E-state index in [2.05, 4.69) is 17.1 Å². The SMILES string of the molecule is CCCC1CCN(C[C@H]2CCCN2)CC1. The van der Waals surface area contributed by atoms with E-state index in [0.717, 1.165) is 12.0 Å². The quantitative estimate of drug-likeness (QED) is 0.765. The van der Waals surface area contributed by atoms with E-state index in [-0.39, 0.29) is 0 Å². The lowest BCUT2D eigenvalue weighted by molar-refractivity contribution is 0.166. The van der Waals surface area contributed by atoms with Gasteiger partial charge in [0, 0.05) is 12.6 Å². The van der Waals surface area contributed by atoms with Crippen molar-refractivity contribution in [2.75, 3.05) is 26.2 Å². The lowest BCUT2D eigenvalue weighted by atomic mass is 9.92. The minimum Gasteiger partial charge on any atom is -0.313 e. The molecule has 2 aliphatic rings. The van der Waals surface area contributed by atoms with Crippen molar-refractivity contribution in [3.05, 3.63) is 0 Å². The van der Waals surface area contributed by atoms with Crippen molar-refractivity contribution in [2.24, 2.45) is 5.92 Å². The first-order valence-electron chi connectivity index (χ1n) is 6.84. The zero-order chi connectivity index (χ0) is 10.5. The first-order chi connectivity index (χ1) is 7.38. The van der Waals surface area contributed by atoms with E-state index in [4.69, 9.17) is 0 Å². The summed E-state index contributed by atoms with van der Waals surface area (Å²) >= 11 is 0. The summed E-state index contributed by atoms with van der Waals surface area (Å²) in [5.74, 6) is 1.03. The van der Waals surface area contributed by atoms with Crippen LogP contribution in [0.5, 0.6) is 0 Å². The van der Waals surface area contributed by atoms with Gasteiger partial charge < -0.3 is 10.2 Å². The third-order valence-electron chi connectivity index (χ3n) is 4.05. The van der Waals surface area contributed by atoms with Crippen molar-refractivity contribution in [1.29, 1.82) is 0 Å². The zero-order valence-corrected chi connectivity index (χ0v) is 10.2. The van der Waals surface area contributed by atoms with E-state index in [1.165, 1.54) is 64.7 Å². The Kier molecular flexibility index (Phi) is 4.45. The fourth-order valence-electron chi connectivity index (χ4n) is 3.09. The molecule has 0 aromatic heterocycles. The number of rotatable bonds is 4. The van der Waals surface area contributed by atoms with Gasteiger partial charge in [0.1, 0.15) is 0 Å². The fourth-order valence-corrected chi connectivity index (χ4v) is 3.09.